The lowest BCUT2D eigenvalue weighted by atomic mass is 10.0. The van der Waals surface area contributed by atoms with E-state index in [2.05, 4.69) is 52.3 Å². The van der Waals surface area contributed by atoms with Crippen LogP contribution in [0.1, 0.15) is 24.5 Å². The fraction of sp³-hybridized carbons (Fsp3) is 0.417. The summed E-state index contributed by atoms with van der Waals surface area (Å²) >= 11 is 3.40. The summed E-state index contributed by atoms with van der Waals surface area (Å²) in [6.07, 6.45) is 2.18. The molecule has 0 aliphatic carbocycles. The van der Waals surface area contributed by atoms with E-state index in [1.807, 2.05) is 0 Å². The third-order valence-corrected chi connectivity index (χ3v) is 3.32. The molecule has 1 aliphatic heterocycles. The van der Waals surface area contributed by atoms with Gasteiger partial charge in [0.05, 0.1) is 5.71 Å². The zero-order valence-corrected chi connectivity index (χ0v) is 10.3. The summed E-state index contributed by atoms with van der Waals surface area (Å²) in [5.41, 5.74) is 3.59. The summed E-state index contributed by atoms with van der Waals surface area (Å²) in [6, 6.07) is 8.55. The average Bonchev–Trinajstić information content (AvgIpc) is 2.78. The highest BCUT2D eigenvalue weighted by Crippen LogP contribution is 2.18. The van der Waals surface area contributed by atoms with Gasteiger partial charge in [-0.3, -0.25) is 0 Å². The van der Waals surface area contributed by atoms with Crippen LogP contribution in [-0.2, 0) is 11.3 Å². The molecule has 80 valence electrons. The first-order valence-electron chi connectivity index (χ1n) is 5.21. The van der Waals surface area contributed by atoms with Crippen LogP contribution < -0.4 is 0 Å². The number of rotatable bonds is 3. The molecule has 1 aliphatic rings. The molecule has 2 rings (SSSR count). The number of hydrogen-bond acceptors (Lipinski definition) is 2. The van der Waals surface area contributed by atoms with Gasteiger partial charge in [0.1, 0.15) is 6.10 Å². The van der Waals surface area contributed by atoms with Crippen LogP contribution in [0.3, 0.4) is 0 Å². The van der Waals surface area contributed by atoms with E-state index in [-0.39, 0.29) is 6.10 Å². The lowest BCUT2D eigenvalue weighted by Crippen LogP contribution is -2.09. The summed E-state index contributed by atoms with van der Waals surface area (Å²) in [7, 11) is 0. The Balaban J connectivity index is 2.10. The van der Waals surface area contributed by atoms with Crippen LogP contribution in [0.4, 0.5) is 0 Å². The van der Waals surface area contributed by atoms with Crippen LogP contribution in [0, 0.1) is 0 Å². The quantitative estimate of drug-likeness (QED) is 0.772. The van der Waals surface area contributed by atoms with E-state index in [9.17, 15) is 0 Å². The Hall–Kier alpha value is -0.830. The van der Waals surface area contributed by atoms with Gasteiger partial charge in [-0.05, 0) is 17.5 Å². The molecule has 1 aromatic carbocycles. The van der Waals surface area contributed by atoms with Crippen LogP contribution in [0.25, 0.3) is 0 Å². The smallest absolute Gasteiger partial charge is 0.142 e. The Morgan fingerprint density at radius 2 is 2.13 bits per heavy atom. The third kappa shape index (κ3) is 2.40. The maximum atomic E-state index is 5.27. The van der Waals surface area contributed by atoms with Gasteiger partial charge in [-0.2, -0.15) is 0 Å². The zero-order valence-electron chi connectivity index (χ0n) is 8.74. The molecule has 0 N–H and O–H groups in total. The standard InChI is InChI=1S/C12H14BrNO/c1-2-9-3-5-10(6-4-9)12-7-11(8-13)15-14-12/h3-6,11H,2,7-8H2,1H3/t11-/m0/s1. The molecule has 0 unspecified atom stereocenters. The van der Waals surface area contributed by atoms with E-state index in [0.717, 1.165) is 23.9 Å². The van der Waals surface area contributed by atoms with Crippen LogP contribution in [0.15, 0.2) is 29.4 Å². The third-order valence-electron chi connectivity index (χ3n) is 2.60. The Bertz CT molecular complexity index is 358. The molecule has 1 heterocycles. The predicted octanol–water partition coefficient (Wildman–Crippen LogP) is 3.14. The maximum absolute atomic E-state index is 5.27. The van der Waals surface area contributed by atoms with Crippen molar-refractivity contribution in [1.29, 1.82) is 0 Å². The Labute approximate surface area is 98.4 Å². The van der Waals surface area contributed by atoms with Crippen LogP contribution >= 0.6 is 15.9 Å². The molecule has 1 atom stereocenters. The monoisotopic (exact) mass is 267 g/mol. The highest BCUT2D eigenvalue weighted by molar-refractivity contribution is 9.09. The Kier molecular flexibility index (Phi) is 3.41. The summed E-state index contributed by atoms with van der Waals surface area (Å²) in [4.78, 5) is 5.27. The van der Waals surface area contributed by atoms with E-state index >= 15 is 0 Å². The van der Waals surface area contributed by atoms with Crippen LogP contribution in [-0.4, -0.2) is 17.1 Å². The highest BCUT2D eigenvalue weighted by atomic mass is 79.9. The molecule has 1 aromatic rings. The second-order valence-electron chi connectivity index (χ2n) is 3.67. The molecule has 0 saturated carbocycles. The molecular formula is C12H14BrNO. The van der Waals surface area contributed by atoms with Gasteiger partial charge in [0.2, 0.25) is 0 Å². The minimum Gasteiger partial charge on any atom is -0.391 e. The van der Waals surface area contributed by atoms with Gasteiger partial charge >= 0.3 is 0 Å². The van der Waals surface area contributed by atoms with Crippen molar-refractivity contribution in [2.75, 3.05) is 5.33 Å². The largest absolute Gasteiger partial charge is 0.391 e. The molecule has 15 heavy (non-hydrogen) atoms. The molecule has 2 nitrogen and oxygen atoms in total. The number of nitrogens with zero attached hydrogens (tertiary/aromatic N) is 1. The molecule has 0 saturated heterocycles. The number of halogens is 1. The number of alkyl halides is 1. The Morgan fingerprint density at radius 1 is 1.40 bits per heavy atom. The lowest BCUT2D eigenvalue weighted by Gasteiger charge is -2.02. The van der Waals surface area contributed by atoms with Crippen molar-refractivity contribution in [3.8, 4) is 0 Å². The topological polar surface area (TPSA) is 21.6 Å². The van der Waals surface area contributed by atoms with Crippen molar-refractivity contribution in [3.05, 3.63) is 35.4 Å². The fourth-order valence-corrected chi connectivity index (χ4v) is 1.96. The normalized spacial score (nSPS) is 19.9. The SMILES string of the molecule is CCc1ccc(C2=NO[C@H](CBr)C2)cc1. The van der Waals surface area contributed by atoms with Crippen LogP contribution in [0.5, 0.6) is 0 Å². The maximum Gasteiger partial charge on any atom is 0.142 e. The molecular weight excluding hydrogens is 254 g/mol. The summed E-state index contributed by atoms with van der Waals surface area (Å²) in [6.45, 7) is 2.16. The highest BCUT2D eigenvalue weighted by Gasteiger charge is 2.20. The average molecular weight is 268 g/mol. The van der Waals surface area contributed by atoms with Crippen LogP contribution in [0.2, 0.25) is 0 Å². The summed E-state index contributed by atoms with van der Waals surface area (Å²) < 4.78 is 0. The van der Waals surface area contributed by atoms with Gasteiger partial charge in [0.15, 0.2) is 0 Å². The zero-order chi connectivity index (χ0) is 10.7. The number of oxime groups is 1. The second kappa shape index (κ2) is 4.79. The van der Waals surface area contributed by atoms with Crippen molar-refractivity contribution >= 4 is 21.6 Å². The van der Waals surface area contributed by atoms with Gasteiger partial charge in [-0.25, -0.2) is 0 Å². The fourth-order valence-electron chi connectivity index (χ4n) is 1.61. The van der Waals surface area contributed by atoms with E-state index < -0.39 is 0 Å². The Morgan fingerprint density at radius 3 is 2.67 bits per heavy atom. The van der Waals surface area contributed by atoms with E-state index in [4.69, 9.17) is 4.84 Å². The van der Waals surface area contributed by atoms with Crippen molar-refractivity contribution in [1.82, 2.24) is 0 Å². The van der Waals surface area contributed by atoms with Gasteiger partial charge in [0.25, 0.3) is 0 Å². The number of hydrogen-bond donors (Lipinski definition) is 0. The molecule has 3 heteroatoms. The van der Waals surface area contributed by atoms with Gasteiger partial charge in [-0.15, -0.1) is 0 Å². The van der Waals surface area contributed by atoms with E-state index in [0.29, 0.717) is 0 Å². The van der Waals surface area contributed by atoms with Gasteiger partial charge in [-0.1, -0.05) is 52.3 Å². The predicted molar refractivity (Wildman–Crippen MR) is 65.6 cm³/mol. The molecule has 0 radical (unpaired) electrons. The van der Waals surface area contributed by atoms with Gasteiger partial charge in [0, 0.05) is 11.8 Å². The van der Waals surface area contributed by atoms with Crippen molar-refractivity contribution in [2.45, 2.75) is 25.9 Å². The second-order valence-corrected chi connectivity index (χ2v) is 4.32. The minimum atomic E-state index is 0.200. The van der Waals surface area contributed by atoms with Crippen molar-refractivity contribution in [2.24, 2.45) is 5.16 Å². The van der Waals surface area contributed by atoms with Crippen molar-refractivity contribution in [3.63, 3.8) is 0 Å². The summed E-state index contributed by atoms with van der Waals surface area (Å²) in [5, 5.41) is 4.94. The number of aryl methyl sites for hydroxylation is 1. The molecule has 0 aromatic heterocycles. The molecule has 0 bridgehead atoms. The molecule has 0 amide bonds. The first-order chi connectivity index (χ1) is 7.33. The molecule has 0 spiro atoms. The lowest BCUT2D eigenvalue weighted by molar-refractivity contribution is 0.104. The van der Waals surface area contributed by atoms with Crippen molar-refractivity contribution < 1.29 is 4.84 Å². The minimum absolute atomic E-state index is 0.200. The van der Waals surface area contributed by atoms with Gasteiger partial charge < -0.3 is 4.84 Å². The first kappa shape index (κ1) is 10.7. The van der Waals surface area contributed by atoms with E-state index in [1.165, 1.54) is 11.1 Å². The summed E-state index contributed by atoms with van der Waals surface area (Å²) in [5.74, 6) is 0. The number of benzene rings is 1. The van der Waals surface area contributed by atoms with E-state index in [1.54, 1.807) is 0 Å². The molecule has 0 fully saturated rings. The first-order valence-corrected chi connectivity index (χ1v) is 6.33.